The largest absolute Gasteiger partial charge is 0.356 e. The summed E-state index contributed by atoms with van der Waals surface area (Å²) in [5.74, 6) is -0.812. The van der Waals surface area contributed by atoms with Crippen molar-refractivity contribution in [3.05, 3.63) is 13.8 Å². The molecule has 0 spiro atoms. The molecule has 8 radical (unpaired) electrons. The Bertz CT molecular complexity index is 92.6. The van der Waals surface area contributed by atoms with E-state index in [9.17, 15) is 9.90 Å². The van der Waals surface area contributed by atoms with Gasteiger partial charge in [0.2, 0.25) is 0 Å². The van der Waals surface area contributed by atoms with Gasteiger partial charge in [-0.2, -0.15) is 0 Å². The first kappa shape index (κ1) is 24.7. The van der Waals surface area contributed by atoms with E-state index in [1.54, 1.807) is 0 Å². The van der Waals surface area contributed by atoms with Crippen molar-refractivity contribution in [1.29, 1.82) is 0 Å². The standard InChI is InChI=1S/2C4H9.C3H4O2S.Sn/c2*1-3-4-2;4-3(5)1-2-6;/h2*1,3-4H2,2H3;1-2H2;. The van der Waals surface area contributed by atoms with Crippen molar-refractivity contribution >= 4 is 42.5 Å². The number of unbranched alkanes of at least 4 members (excludes halogenated alkanes) is 2. The molecular weight excluding hydrogens is 315 g/mol. The second-order valence-electron chi connectivity index (χ2n) is 2.53. The van der Waals surface area contributed by atoms with Gasteiger partial charge in [-0.25, -0.2) is 9.90 Å². The Hall–Kier alpha value is 0.619. The van der Waals surface area contributed by atoms with Crippen LogP contribution in [0.25, 0.3) is 0 Å². The fourth-order valence-electron chi connectivity index (χ4n) is 0.0833. The molecular formula is C11H22O2SSn. The molecule has 0 fully saturated rings. The van der Waals surface area contributed by atoms with Crippen LogP contribution >= 0.6 is 12.6 Å². The van der Waals surface area contributed by atoms with Crippen LogP contribution < -0.4 is 0 Å². The van der Waals surface area contributed by atoms with Crippen LogP contribution in [0.2, 0.25) is 0 Å². The molecule has 0 aromatic carbocycles. The first-order chi connectivity index (χ1) is 6.60. The van der Waals surface area contributed by atoms with Gasteiger partial charge in [-0.1, -0.05) is 66.0 Å². The van der Waals surface area contributed by atoms with E-state index in [0.29, 0.717) is 0 Å². The van der Waals surface area contributed by atoms with E-state index in [1.165, 1.54) is 12.8 Å². The average Bonchev–Trinajstić information content (AvgIpc) is 2.18. The maximum atomic E-state index is 9.42. The van der Waals surface area contributed by atoms with Gasteiger partial charge in [-0.15, -0.1) is 0 Å². The quantitative estimate of drug-likeness (QED) is 0.725. The summed E-state index contributed by atoms with van der Waals surface area (Å²) in [6, 6.07) is 0. The maximum Gasteiger partial charge on any atom is 0.356 e. The molecule has 0 N–H and O–H groups in total. The van der Waals surface area contributed by atoms with Crippen molar-refractivity contribution in [2.45, 2.75) is 46.0 Å². The summed E-state index contributed by atoms with van der Waals surface area (Å²) in [7, 11) is 0. The third-order valence-corrected chi connectivity index (χ3v) is 1.22. The van der Waals surface area contributed by atoms with Gasteiger partial charge >= 0.3 is 5.97 Å². The molecule has 0 bridgehead atoms. The van der Waals surface area contributed by atoms with Crippen LogP contribution in [0.1, 0.15) is 46.0 Å². The summed E-state index contributed by atoms with van der Waals surface area (Å²) in [6.45, 7) is 11.4. The summed E-state index contributed by atoms with van der Waals surface area (Å²) in [4.78, 5) is 9.42. The van der Waals surface area contributed by atoms with Crippen molar-refractivity contribution in [1.82, 2.24) is 0 Å². The van der Waals surface area contributed by atoms with Crippen molar-refractivity contribution < 1.29 is 9.90 Å². The molecule has 0 aliphatic heterocycles. The number of rotatable bonds is 4. The van der Waals surface area contributed by atoms with Crippen molar-refractivity contribution in [3.8, 4) is 0 Å². The fraction of sp³-hybridized carbons (Fsp3) is 0.727. The molecule has 0 rings (SSSR count). The third-order valence-electron chi connectivity index (χ3n) is 1.01. The zero-order chi connectivity index (χ0) is 11.8. The molecule has 0 amide bonds. The molecule has 15 heavy (non-hydrogen) atoms. The van der Waals surface area contributed by atoms with Gasteiger partial charge in [0.1, 0.15) is 0 Å². The van der Waals surface area contributed by atoms with Crippen LogP contribution in [0.15, 0.2) is 0 Å². The molecule has 0 saturated carbocycles. The van der Waals surface area contributed by atoms with Crippen molar-refractivity contribution in [2.75, 3.05) is 5.75 Å². The second-order valence-corrected chi connectivity index (χ2v) is 2.94. The molecule has 0 aromatic heterocycles. The minimum Gasteiger partial charge on any atom is -0.247 e. The van der Waals surface area contributed by atoms with Crippen LogP contribution in [-0.4, -0.2) is 35.6 Å². The Morgan fingerprint density at radius 1 is 1.13 bits per heavy atom. The van der Waals surface area contributed by atoms with Gasteiger partial charge < -0.3 is 0 Å². The summed E-state index contributed by atoms with van der Waals surface area (Å²) < 4.78 is 0. The van der Waals surface area contributed by atoms with Gasteiger partial charge in [0.25, 0.3) is 0 Å². The minimum absolute atomic E-state index is 0. The number of carbonyl (C=O) groups is 1. The van der Waals surface area contributed by atoms with Gasteiger partial charge in [0.05, 0.1) is 6.42 Å². The monoisotopic (exact) mass is 338 g/mol. The number of hydrogen-bond acceptors (Lipinski definition) is 1. The fourth-order valence-corrected chi connectivity index (χ4v) is 0.250. The summed E-state index contributed by atoms with van der Waals surface area (Å²) >= 11 is 4.31. The van der Waals surface area contributed by atoms with E-state index in [4.69, 9.17) is 0 Å². The molecule has 0 aliphatic rings. The van der Waals surface area contributed by atoms with E-state index in [2.05, 4.69) is 40.3 Å². The SMILES string of the molecule is [CH2]CCC.[CH2]CCC.[O]C(=O)CC[S].[Sn]. The summed E-state index contributed by atoms with van der Waals surface area (Å²) in [6.07, 6.45) is 4.55. The van der Waals surface area contributed by atoms with Crippen LogP contribution in [0.5, 0.6) is 0 Å². The Morgan fingerprint density at radius 3 is 1.40 bits per heavy atom. The Balaban J connectivity index is -0.0000000606. The molecule has 88 valence electrons. The zero-order valence-corrected chi connectivity index (χ0v) is 13.6. The molecule has 0 aromatic rings. The predicted octanol–water partition coefficient (Wildman–Crippen LogP) is 3.39. The zero-order valence-electron chi connectivity index (χ0n) is 9.88. The number of carbonyl (C=O) groups excluding carboxylic acids is 1. The molecule has 0 aliphatic carbocycles. The Labute approximate surface area is 118 Å². The first-order valence-electron chi connectivity index (χ1n) is 4.96. The second kappa shape index (κ2) is 29.3. The molecule has 0 heterocycles. The topological polar surface area (TPSA) is 37.0 Å². The smallest absolute Gasteiger partial charge is 0.247 e. The Kier molecular flexibility index (Phi) is 48.3. The van der Waals surface area contributed by atoms with E-state index in [-0.39, 0.29) is 36.1 Å². The maximum absolute atomic E-state index is 9.42. The van der Waals surface area contributed by atoms with Crippen LogP contribution in [0, 0.1) is 13.8 Å². The van der Waals surface area contributed by atoms with Crippen molar-refractivity contribution in [3.63, 3.8) is 0 Å². The van der Waals surface area contributed by atoms with E-state index in [0.717, 1.165) is 12.8 Å². The molecule has 0 saturated heterocycles. The summed E-state index contributed by atoms with van der Waals surface area (Å²) in [5, 5.41) is 9.42. The average molecular weight is 337 g/mol. The van der Waals surface area contributed by atoms with Gasteiger partial charge in [-0.05, 0) is 0 Å². The van der Waals surface area contributed by atoms with Gasteiger partial charge in [0, 0.05) is 29.7 Å². The van der Waals surface area contributed by atoms with E-state index in [1.807, 2.05) is 0 Å². The van der Waals surface area contributed by atoms with Gasteiger partial charge in [0.15, 0.2) is 0 Å². The van der Waals surface area contributed by atoms with Crippen LogP contribution in [-0.2, 0) is 9.90 Å². The van der Waals surface area contributed by atoms with Gasteiger partial charge in [-0.3, -0.25) is 0 Å². The minimum atomic E-state index is -1.06. The molecule has 0 atom stereocenters. The van der Waals surface area contributed by atoms with Crippen LogP contribution in [0.3, 0.4) is 0 Å². The van der Waals surface area contributed by atoms with E-state index < -0.39 is 5.97 Å². The molecule has 0 unspecified atom stereocenters. The van der Waals surface area contributed by atoms with Crippen LogP contribution in [0.4, 0.5) is 0 Å². The predicted molar refractivity (Wildman–Crippen MR) is 69.1 cm³/mol. The normalized spacial score (nSPS) is 7.27. The molecule has 4 heteroatoms. The first-order valence-corrected chi connectivity index (χ1v) is 5.54. The third kappa shape index (κ3) is 73.7. The molecule has 2 nitrogen and oxygen atoms in total. The van der Waals surface area contributed by atoms with Crippen molar-refractivity contribution in [2.24, 2.45) is 0 Å². The number of hydrogen-bond donors (Lipinski definition) is 0. The van der Waals surface area contributed by atoms with E-state index >= 15 is 0 Å². The Morgan fingerprint density at radius 2 is 1.40 bits per heavy atom. The summed E-state index contributed by atoms with van der Waals surface area (Å²) in [5.41, 5.74) is 0.